The van der Waals surface area contributed by atoms with Crippen LogP contribution in [0.5, 0.6) is 0 Å². The molecule has 0 aliphatic carbocycles. The number of hydrogen-bond donors (Lipinski definition) is 1. The molecular formula is C31H29N5O. The van der Waals surface area contributed by atoms with Gasteiger partial charge in [0.25, 0.3) is 5.91 Å². The number of nitrogens with zero attached hydrogens (tertiary/aromatic N) is 4. The summed E-state index contributed by atoms with van der Waals surface area (Å²) in [6.07, 6.45) is 5.24. The SMILES string of the molecule is O=C(NC1CCN(Cc2ccccc2)CC1)c1cnn2c(-c3ccc(-c4ccccc4)cc3)ccnc12. The van der Waals surface area contributed by atoms with Gasteiger partial charge in [0.05, 0.1) is 11.9 Å². The molecule has 0 unspecified atom stereocenters. The first-order valence-electron chi connectivity index (χ1n) is 12.8. The maximum atomic E-state index is 13.2. The zero-order valence-corrected chi connectivity index (χ0v) is 20.6. The lowest BCUT2D eigenvalue weighted by Crippen LogP contribution is -2.44. The lowest BCUT2D eigenvalue weighted by molar-refractivity contribution is 0.0910. The summed E-state index contributed by atoms with van der Waals surface area (Å²) < 4.78 is 1.76. The van der Waals surface area contributed by atoms with E-state index in [0.717, 1.165) is 49.3 Å². The second-order valence-corrected chi connectivity index (χ2v) is 9.58. The average molecular weight is 488 g/mol. The molecule has 1 saturated heterocycles. The second kappa shape index (κ2) is 10.4. The zero-order chi connectivity index (χ0) is 25.0. The predicted molar refractivity (Wildman–Crippen MR) is 146 cm³/mol. The van der Waals surface area contributed by atoms with Gasteiger partial charge in [0, 0.05) is 37.4 Å². The van der Waals surface area contributed by atoms with E-state index >= 15 is 0 Å². The Balaban J connectivity index is 1.14. The summed E-state index contributed by atoms with van der Waals surface area (Å²) in [6.45, 7) is 2.89. The van der Waals surface area contributed by atoms with Crippen molar-refractivity contribution < 1.29 is 4.79 Å². The standard InChI is InChI=1S/C31H29N5O/c37-31(34-27-16-19-35(20-17-27)22-23-7-3-1-4-8-23)28-21-33-36-29(15-18-32-30(28)36)26-13-11-25(12-14-26)24-9-5-2-6-10-24/h1-15,18,21,27H,16-17,19-20,22H2,(H,34,37). The molecule has 1 fully saturated rings. The molecule has 6 nitrogen and oxygen atoms in total. The van der Waals surface area contributed by atoms with Crippen LogP contribution in [0, 0.1) is 0 Å². The minimum atomic E-state index is -0.111. The molecule has 5 aromatic rings. The molecule has 6 heteroatoms. The number of nitrogens with one attached hydrogen (secondary N) is 1. The quantitative estimate of drug-likeness (QED) is 0.346. The fourth-order valence-electron chi connectivity index (χ4n) is 5.07. The Hall–Kier alpha value is -4.29. The van der Waals surface area contributed by atoms with Crippen molar-refractivity contribution in [3.05, 3.63) is 115 Å². The van der Waals surface area contributed by atoms with Crippen molar-refractivity contribution in [1.29, 1.82) is 0 Å². The van der Waals surface area contributed by atoms with E-state index in [0.29, 0.717) is 11.2 Å². The first kappa shape index (κ1) is 23.1. The maximum absolute atomic E-state index is 13.2. The van der Waals surface area contributed by atoms with Crippen LogP contribution in [0.15, 0.2) is 103 Å². The minimum Gasteiger partial charge on any atom is -0.349 e. The highest BCUT2D eigenvalue weighted by Crippen LogP contribution is 2.25. The third kappa shape index (κ3) is 5.01. The Morgan fingerprint density at radius 2 is 1.46 bits per heavy atom. The van der Waals surface area contributed by atoms with Crippen molar-refractivity contribution in [2.45, 2.75) is 25.4 Å². The smallest absolute Gasteiger partial charge is 0.256 e. The van der Waals surface area contributed by atoms with Crippen LogP contribution in [0.4, 0.5) is 0 Å². The molecule has 3 heterocycles. The van der Waals surface area contributed by atoms with Crippen LogP contribution in [-0.2, 0) is 6.54 Å². The largest absolute Gasteiger partial charge is 0.349 e. The molecule has 1 amide bonds. The van der Waals surface area contributed by atoms with Crippen molar-refractivity contribution in [3.63, 3.8) is 0 Å². The lowest BCUT2D eigenvalue weighted by atomic mass is 10.0. The molecule has 0 saturated carbocycles. The monoisotopic (exact) mass is 487 g/mol. The molecule has 1 aliphatic rings. The van der Waals surface area contributed by atoms with Crippen LogP contribution in [0.1, 0.15) is 28.8 Å². The van der Waals surface area contributed by atoms with Gasteiger partial charge in [0.1, 0.15) is 5.56 Å². The molecule has 184 valence electrons. The molecule has 1 N–H and O–H groups in total. The molecule has 2 aromatic heterocycles. The third-order valence-corrected chi connectivity index (χ3v) is 7.11. The predicted octanol–water partition coefficient (Wildman–Crippen LogP) is 5.46. The van der Waals surface area contributed by atoms with Gasteiger partial charge in [-0.15, -0.1) is 0 Å². The number of benzene rings is 3. The van der Waals surface area contributed by atoms with E-state index in [1.54, 1.807) is 16.9 Å². The topological polar surface area (TPSA) is 62.5 Å². The van der Waals surface area contributed by atoms with Crippen molar-refractivity contribution in [2.75, 3.05) is 13.1 Å². The van der Waals surface area contributed by atoms with Crippen LogP contribution in [0.25, 0.3) is 28.0 Å². The lowest BCUT2D eigenvalue weighted by Gasteiger charge is -2.32. The Kier molecular flexibility index (Phi) is 6.48. The summed E-state index contributed by atoms with van der Waals surface area (Å²) in [5.41, 5.74) is 6.67. The Bertz CT molecular complexity index is 1490. The maximum Gasteiger partial charge on any atom is 0.256 e. The van der Waals surface area contributed by atoms with E-state index in [1.807, 2.05) is 30.3 Å². The van der Waals surface area contributed by atoms with Crippen molar-refractivity contribution in [2.24, 2.45) is 0 Å². The number of carbonyl (C=O) groups excluding carboxylic acids is 1. The van der Waals surface area contributed by atoms with Crippen LogP contribution in [-0.4, -0.2) is 44.5 Å². The summed E-state index contributed by atoms with van der Waals surface area (Å²) in [4.78, 5) is 20.1. The van der Waals surface area contributed by atoms with Crippen LogP contribution in [0.3, 0.4) is 0 Å². The summed E-state index contributed by atoms with van der Waals surface area (Å²) in [6, 6.07) is 31.3. The van der Waals surface area contributed by atoms with Crippen molar-refractivity contribution in [3.8, 4) is 22.4 Å². The molecule has 0 atom stereocenters. The van der Waals surface area contributed by atoms with E-state index < -0.39 is 0 Å². The Morgan fingerprint density at radius 1 is 0.811 bits per heavy atom. The highest BCUT2D eigenvalue weighted by Gasteiger charge is 2.23. The molecule has 37 heavy (non-hydrogen) atoms. The molecule has 6 rings (SSSR count). The third-order valence-electron chi connectivity index (χ3n) is 7.11. The molecule has 0 radical (unpaired) electrons. The first-order chi connectivity index (χ1) is 18.2. The van der Waals surface area contributed by atoms with E-state index in [9.17, 15) is 4.79 Å². The van der Waals surface area contributed by atoms with E-state index in [1.165, 1.54) is 11.1 Å². The zero-order valence-electron chi connectivity index (χ0n) is 20.6. The van der Waals surface area contributed by atoms with Gasteiger partial charge in [0.15, 0.2) is 5.65 Å². The summed E-state index contributed by atoms with van der Waals surface area (Å²) >= 11 is 0. The number of amides is 1. The summed E-state index contributed by atoms with van der Waals surface area (Å²) in [5.74, 6) is -0.111. The summed E-state index contributed by atoms with van der Waals surface area (Å²) in [5, 5.41) is 7.76. The number of likely N-dealkylation sites (tertiary alicyclic amines) is 1. The van der Waals surface area contributed by atoms with Gasteiger partial charge in [0.2, 0.25) is 0 Å². The van der Waals surface area contributed by atoms with E-state index in [4.69, 9.17) is 0 Å². The Morgan fingerprint density at radius 3 is 2.19 bits per heavy atom. The summed E-state index contributed by atoms with van der Waals surface area (Å²) in [7, 11) is 0. The molecule has 3 aromatic carbocycles. The van der Waals surface area contributed by atoms with Crippen molar-refractivity contribution in [1.82, 2.24) is 24.8 Å². The molecule has 1 aliphatic heterocycles. The number of piperidine rings is 1. The Labute approximate surface area is 216 Å². The fraction of sp³-hybridized carbons (Fsp3) is 0.194. The first-order valence-corrected chi connectivity index (χ1v) is 12.8. The van der Waals surface area contributed by atoms with Crippen LogP contribution >= 0.6 is 0 Å². The second-order valence-electron chi connectivity index (χ2n) is 9.58. The highest BCUT2D eigenvalue weighted by atomic mass is 16.1. The van der Waals surface area contributed by atoms with Gasteiger partial charge in [-0.25, -0.2) is 9.50 Å². The van der Waals surface area contributed by atoms with Gasteiger partial charge >= 0.3 is 0 Å². The van der Waals surface area contributed by atoms with Gasteiger partial charge in [-0.1, -0.05) is 84.9 Å². The van der Waals surface area contributed by atoms with Crippen molar-refractivity contribution >= 4 is 11.6 Å². The molecule has 0 bridgehead atoms. The number of carbonyl (C=O) groups is 1. The number of rotatable bonds is 6. The highest BCUT2D eigenvalue weighted by molar-refractivity contribution is 6.00. The van der Waals surface area contributed by atoms with E-state index in [-0.39, 0.29) is 11.9 Å². The number of hydrogen-bond acceptors (Lipinski definition) is 4. The normalized spacial score (nSPS) is 14.6. The van der Waals surface area contributed by atoms with Crippen LogP contribution in [0.2, 0.25) is 0 Å². The fourth-order valence-corrected chi connectivity index (χ4v) is 5.07. The molecule has 0 spiro atoms. The molecular weight excluding hydrogens is 458 g/mol. The van der Waals surface area contributed by atoms with E-state index in [2.05, 4.69) is 81.0 Å². The number of aromatic nitrogens is 3. The van der Waals surface area contributed by atoms with Gasteiger partial charge in [-0.3, -0.25) is 9.69 Å². The average Bonchev–Trinajstić information content (AvgIpc) is 3.40. The number of fused-ring (bicyclic) bond motifs is 1. The minimum absolute atomic E-state index is 0.111. The van der Waals surface area contributed by atoms with Crippen LogP contribution < -0.4 is 5.32 Å². The van der Waals surface area contributed by atoms with Gasteiger partial charge < -0.3 is 5.32 Å². The van der Waals surface area contributed by atoms with Gasteiger partial charge in [-0.2, -0.15) is 5.10 Å². The van der Waals surface area contributed by atoms with Gasteiger partial charge in [-0.05, 0) is 35.6 Å².